The third-order valence-corrected chi connectivity index (χ3v) is 4.05. The fraction of sp³-hybridized carbons (Fsp3) is 0.158. The number of hydrogen-bond acceptors (Lipinski definition) is 5. The summed E-state index contributed by atoms with van der Waals surface area (Å²) in [5.74, 6) is 1.66. The molecule has 142 valence electrons. The molecule has 0 bridgehead atoms. The predicted octanol–water partition coefficient (Wildman–Crippen LogP) is 5.13. The first-order valence-electron chi connectivity index (χ1n) is 8.15. The highest BCUT2D eigenvalue weighted by Gasteiger charge is 2.05. The lowest BCUT2D eigenvalue weighted by atomic mass is 10.2. The number of anilines is 1. The number of benzene rings is 2. The van der Waals surface area contributed by atoms with Crippen LogP contribution in [-0.4, -0.2) is 18.0 Å². The fourth-order valence-corrected chi connectivity index (χ4v) is 2.58. The predicted molar refractivity (Wildman–Crippen MR) is 110 cm³/mol. The van der Waals surface area contributed by atoms with E-state index in [9.17, 15) is 10.1 Å². The van der Waals surface area contributed by atoms with Crippen molar-refractivity contribution in [3.63, 3.8) is 0 Å². The molecule has 1 aromatic heterocycles. The summed E-state index contributed by atoms with van der Waals surface area (Å²) in [6.45, 7) is 2.05. The second-order valence-electron chi connectivity index (χ2n) is 5.68. The van der Waals surface area contributed by atoms with Gasteiger partial charge in [-0.15, -0.1) is 12.4 Å². The van der Waals surface area contributed by atoms with Crippen LogP contribution in [-0.2, 0) is 6.54 Å². The van der Waals surface area contributed by atoms with Crippen molar-refractivity contribution in [1.82, 2.24) is 5.32 Å². The van der Waals surface area contributed by atoms with E-state index in [2.05, 4.69) is 10.6 Å². The molecule has 0 aliphatic carbocycles. The van der Waals surface area contributed by atoms with Crippen molar-refractivity contribution < 1.29 is 9.34 Å². The molecular weight excluding hydrogens is 389 g/mol. The van der Waals surface area contributed by atoms with Crippen molar-refractivity contribution in [1.29, 1.82) is 0 Å². The van der Waals surface area contributed by atoms with Crippen LogP contribution in [0.2, 0.25) is 5.02 Å². The molecule has 3 rings (SSSR count). The highest BCUT2D eigenvalue weighted by molar-refractivity contribution is 6.30. The average Bonchev–Trinajstić information content (AvgIpc) is 3.11. The van der Waals surface area contributed by atoms with Crippen molar-refractivity contribution in [2.45, 2.75) is 6.54 Å². The fourth-order valence-electron chi connectivity index (χ4n) is 2.45. The van der Waals surface area contributed by atoms with Gasteiger partial charge in [0.15, 0.2) is 0 Å². The maximum atomic E-state index is 10.6. The minimum Gasteiger partial charge on any atom is -0.460 e. The molecule has 0 spiro atoms. The number of furan rings is 1. The third kappa shape index (κ3) is 5.99. The Kier molecular flexibility index (Phi) is 7.67. The van der Waals surface area contributed by atoms with Gasteiger partial charge in [0.25, 0.3) is 5.69 Å². The molecule has 2 N–H and O–H groups in total. The standard InChI is InChI=1S/C19H18ClN3O3.ClH/c20-15-3-1-14(2-4-15)19-10-9-18(26-19)13-21-11-12-22-16-5-7-17(8-6-16)23(24)25;/h1-10,21-22H,11-13H2;1H. The Morgan fingerprint density at radius 1 is 0.963 bits per heavy atom. The summed E-state index contributed by atoms with van der Waals surface area (Å²) in [5, 5.41) is 17.8. The van der Waals surface area contributed by atoms with Gasteiger partial charge in [0.2, 0.25) is 0 Å². The van der Waals surface area contributed by atoms with E-state index in [1.54, 1.807) is 12.1 Å². The van der Waals surface area contributed by atoms with Gasteiger partial charge in [0, 0.05) is 41.5 Å². The summed E-state index contributed by atoms with van der Waals surface area (Å²) in [6, 6.07) is 17.8. The molecule has 8 heteroatoms. The molecule has 0 saturated heterocycles. The van der Waals surface area contributed by atoms with E-state index < -0.39 is 4.92 Å². The molecule has 0 radical (unpaired) electrons. The van der Waals surface area contributed by atoms with Crippen LogP contribution in [0.5, 0.6) is 0 Å². The molecule has 0 aliphatic heterocycles. The molecule has 0 aliphatic rings. The second kappa shape index (κ2) is 9.97. The van der Waals surface area contributed by atoms with Crippen LogP contribution >= 0.6 is 24.0 Å². The van der Waals surface area contributed by atoms with Crippen molar-refractivity contribution in [2.75, 3.05) is 18.4 Å². The maximum absolute atomic E-state index is 10.6. The highest BCUT2D eigenvalue weighted by Crippen LogP contribution is 2.23. The normalized spacial score (nSPS) is 10.3. The maximum Gasteiger partial charge on any atom is 0.269 e. The van der Waals surface area contributed by atoms with Gasteiger partial charge < -0.3 is 15.1 Å². The number of nitro benzene ring substituents is 1. The van der Waals surface area contributed by atoms with Crippen LogP contribution in [0.25, 0.3) is 11.3 Å². The highest BCUT2D eigenvalue weighted by atomic mass is 35.5. The SMILES string of the molecule is Cl.O=[N+]([O-])c1ccc(NCCNCc2ccc(-c3ccc(Cl)cc3)o2)cc1. The number of nitrogens with one attached hydrogen (secondary N) is 2. The summed E-state index contributed by atoms with van der Waals surface area (Å²) >= 11 is 5.89. The number of rotatable bonds is 8. The van der Waals surface area contributed by atoms with Gasteiger partial charge in [-0.1, -0.05) is 11.6 Å². The Morgan fingerprint density at radius 3 is 2.33 bits per heavy atom. The lowest BCUT2D eigenvalue weighted by Crippen LogP contribution is -2.21. The Bertz CT molecular complexity index is 865. The van der Waals surface area contributed by atoms with Gasteiger partial charge in [-0.25, -0.2) is 0 Å². The zero-order valence-electron chi connectivity index (χ0n) is 14.4. The lowest BCUT2D eigenvalue weighted by Gasteiger charge is -2.07. The summed E-state index contributed by atoms with van der Waals surface area (Å²) in [6.07, 6.45) is 0. The summed E-state index contributed by atoms with van der Waals surface area (Å²) in [7, 11) is 0. The van der Waals surface area contributed by atoms with E-state index in [4.69, 9.17) is 16.0 Å². The van der Waals surface area contributed by atoms with Crippen LogP contribution in [0.4, 0.5) is 11.4 Å². The number of nitro groups is 1. The summed E-state index contributed by atoms with van der Waals surface area (Å²) in [5.41, 5.74) is 1.92. The number of non-ortho nitro benzene ring substituents is 1. The van der Waals surface area contributed by atoms with Crippen molar-refractivity contribution in [3.8, 4) is 11.3 Å². The minimum absolute atomic E-state index is 0. The zero-order chi connectivity index (χ0) is 18.4. The van der Waals surface area contributed by atoms with Crippen LogP contribution in [0.3, 0.4) is 0 Å². The van der Waals surface area contributed by atoms with E-state index in [0.29, 0.717) is 18.1 Å². The molecule has 27 heavy (non-hydrogen) atoms. The van der Waals surface area contributed by atoms with Gasteiger partial charge in [0.05, 0.1) is 11.5 Å². The molecule has 0 saturated carbocycles. The Morgan fingerprint density at radius 2 is 1.67 bits per heavy atom. The van der Waals surface area contributed by atoms with Crippen LogP contribution < -0.4 is 10.6 Å². The van der Waals surface area contributed by atoms with Crippen LogP contribution in [0, 0.1) is 10.1 Å². The molecule has 0 fully saturated rings. The Balaban J connectivity index is 0.00000261. The molecule has 2 aromatic carbocycles. The first-order chi connectivity index (χ1) is 12.6. The number of nitrogens with zero attached hydrogens (tertiary/aromatic N) is 1. The van der Waals surface area contributed by atoms with Crippen molar-refractivity contribution in [2.24, 2.45) is 0 Å². The van der Waals surface area contributed by atoms with Crippen LogP contribution in [0.15, 0.2) is 65.1 Å². The topological polar surface area (TPSA) is 80.3 Å². The minimum atomic E-state index is -0.410. The van der Waals surface area contributed by atoms with Gasteiger partial charge in [0.1, 0.15) is 11.5 Å². The molecular formula is C19H19Cl2N3O3. The molecule has 0 unspecified atom stereocenters. The number of hydrogen-bond donors (Lipinski definition) is 2. The lowest BCUT2D eigenvalue weighted by molar-refractivity contribution is -0.384. The van der Waals surface area contributed by atoms with Gasteiger partial charge in [-0.3, -0.25) is 10.1 Å². The zero-order valence-corrected chi connectivity index (χ0v) is 15.9. The number of halogens is 2. The van der Waals surface area contributed by atoms with E-state index in [1.165, 1.54) is 12.1 Å². The average molecular weight is 408 g/mol. The van der Waals surface area contributed by atoms with Gasteiger partial charge in [-0.05, 0) is 48.5 Å². The quantitative estimate of drug-likeness (QED) is 0.307. The van der Waals surface area contributed by atoms with Gasteiger partial charge in [-0.2, -0.15) is 0 Å². The van der Waals surface area contributed by atoms with E-state index in [0.717, 1.165) is 29.3 Å². The third-order valence-electron chi connectivity index (χ3n) is 3.80. The van der Waals surface area contributed by atoms with E-state index >= 15 is 0 Å². The molecule has 3 aromatic rings. The first-order valence-corrected chi connectivity index (χ1v) is 8.53. The molecule has 0 amide bonds. The van der Waals surface area contributed by atoms with E-state index in [-0.39, 0.29) is 18.1 Å². The first kappa shape index (κ1) is 20.8. The smallest absolute Gasteiger partial charge is 0.269 e. The Labute approximate surface area is 168 Å². The summed E-state index contributed by atoms with van der Waals surface area (Å²) in [4.78, 5) is 10.2. The second-order valence-corrected chi connectivity index (χ2v) is 6.12. The van der Waals surface area contributed by atoms with Crippen LogP contribution in [0.1, 0.15) is 5.76 Å². The Hall–Kier alpha value is -2.54. The monoisotopic (exact) mass is 407 g/mol. The molecule has 1 heterocycles. The van der Waals surface area contributed by atoms with Gasteiger partial charge >= 0.3 is 0 Å². The molecule has 6 nitrogen and oxygen atoms in total. The summed E-state index contributed by atoms with van der Waals surface area (Å²) < 4.78 is 5.82. The van der Waals surface area contributed by atoms with Crippen molar-refractivity contribution in [3.05, 3.63) is 81.6 Å². The van der Waals surface area contributed by atoms with Crippen molar-refractivity contribution >= 4 is 35.4 Å². The molecule has 0 atom stereocenters. The largest absolute Gasteiger partial charge is 0.460 e. The van der Waals surface area contributed by atoms with E-state index in [1.807, 2.05) is 36.4 Å².